The van der Waals surface area contributed by atoms with Gasteiger partial charge in [-0.3, -0.25) is 4.79 Å². The zero-order valence-corrected chi connectivity index (χ0v) is 12.3. The van der Waals surface area contributed by atoms with Crippen LogP contribution in [-0.4, -0.2) is 17.8 Å². The summed E-state index contributed by atoms with van der Waals surface area (Å²) >= 11 is 2.19. The van der Waals surface area contributed by atoms with E-state index in [2.05, 4.69) is 22.6 Å². The molecular formula is C14H12INO3. The number of fused-ring (bicyclic) bond motifs is 1. The highest BCUT2D eigenvalue weighted by molar-refractivity contribution is 14.1. The quantitative estimate of drug-likeness (QED) is 0.763. The molecule has 0 bridgehead atoms. The third kappa shape index (κ3) is 2.75. The first kappa shape index (κ1) is 12.5. The largest absolute Gasteiger partial charge is 0.486 e. The van der Waals surface area contributed by atoms with Gasteiger partial charge < -0.3 is 14.0 Å². The highest BCUT2D eigenvalue weighted by Crippen LogP contribution is 2.30. The molecule has 2 aromatic rings. The standard InChI is InChI=1S/C14H12INO3/c15-11-2-4-14(17)16(9-11)8-10-1-3-12-13(7-10)19-6-5-18-12/h1-4,7,9H,5-6,8H2. The van der Waals surface area contributed by atoms with E-state index in [-0.39, 0.29) is 5.56 Å². The lowest BCUT2D eigenvalue weighted by molar-refractivity contribution is 0.171. The number of ether oxygens (including phenoxy) is 2. The summed E-state index contributed by atoms with van der Waals surface area (Å²) in [5, 5.41) is 0. The number of benzene rings is 1. The molecule has 0 unspecified atom stereocenters. The van der Waals surface area contributed by atoms with Crippen molar-refractivity contribution in [3.8, 4) is 11.5 Å². The van der Waals surface area contributed by atoms with Crippen LogP contribution < -0.4 is 15.0 Å². The molecule has 98 valence electrons. The van der Waals surface area contributed by atoms with Gasteiger partial charge in [0, 0.05) is 15.8 Å². The van der Waals surface area contributed by atoms with Crippen molar-refractivity contribution in [1.82, 2.24) is 4.57 Å². The van der Waals surface area contributed by atoms with Gasteiger partial charge in [0.15, 0.2) is 11.5 Å². The molecule has 1 aromatic heterocycles. The van der Waals surface area contributed by atoms with Gasteiger partial charge in [0.05, 0.1) is 6.54 Å². The Morgan fingerprint density at radius 2 is 1.89 bits per heavy atom. The van der Waals surface area contributed by atoms with Crippen molar-refractivity contribution in [2.45, 2.75) is 6.54 Å². The van der Waals surface area contributed by atoms with E-state index in [0.29, 0.717) is 19.8 Å². The van der Waals surface area contributed by atoms with E-state index in [1.807, 2.05) is 30.5 Å². The van der Waals surface area contributed by atoms with Crippen LogP contribution in [0.4, 0.5) is 0 Å². The molecule has 1 aromatic carbocycles. The summed E-state index contributed by atoms with van der Waals surface area (Å²) in [4.78, 5) is 11.8. The summed E-state index contributed by atoms with van der Waals surface area (Å²) in [7, 11) is 0. The van der Waals surface area contributed by atoms with E-state index in [9.17, 15) is 4.79 Å². The van der Waals surface area contributed by atoms with Gasteiger partial charge in [-0.15, -0.1) is 0 Å². The highest BCUT2D eigenvalue weighted by atomic mass is 127. The molecule has 19 heavy (non-hydrogen) atoms. The van der Waals surface area contributed by atoms with E-state index in [1.165, 1.54) is 0 Å². The Balaban J connectivity index is 1.91. The maximum Gasteiger partial charge on any atom is 0.250 e. The van der Waals surface area contributed by atoms with Crippen LogP contribution in [0.5, 0.6) is 11.5 Å². The van der Waals surface area contributed by atoms with Crippen LogP contribution in [0.1, 0.15) is 5.56 Å². The maximum atomic E-state index is 11.8. The number of halogens is 1. The molecule has 5 heteroatoms. The van der Waals surface area contributed by atoms with E-state index in [0.717, 1.165) is 20.6 Å². The normalized spacial score (nSPS) is 13.3. The van der Waals surface area contributed by atoms with Crippen LogP contribution in [0.3, 0.4) is 0 Å². The second-order valence-corrected chi connectivity index (χ2v) is 5.54. The fourth-order valence-electron chi connectivity index (χ4n) is 2.01. The average molecular weight is 369 g/mol. The molecule has 0 N–H and O–H groups in total. The Hall–Kier alpha value is -1.50. The molecular weight excluding hydrogens is 357 g/mol. The maximum absolute atomic E-state index is 11.8. The van der Waals surface area contributed by atoms with Crippen LogP contribution >= 0.6 is 22.6 Å². The van der Waals surface area contributed by atoms with Crippen molar-refractivity contribution in [1.29, 1.82) is 0 Å². The molecule has 0 radical (unpaired) electrons. The van der Waals surface area contributed by atoms with Crippen molar-refractivity contribution in [3.63, 3.8) is 0 Å². The third-order valence-electron chi connectivity index (χ3n) is 2.91. The van der Waals surface area contributed by atoms with Crippen molar-refractivity contribution in [2.75, 3.05) is 13.2 Å². The fraction of sp³-hybridized carbons (Fsp3) is 0.214. The van der Waals surface area contributed by atoms with Crippen molar-refractivity contribution < 1.29 is 9.47 Å². The van der Waals surface area contributed by atoms with Crippen molar-refractivity contribution in [3.05, 3.63) is 56.0 Å². The lowest BCUT2D eigenvalue weighted by atomic mass is 10.2. The summed E-state index contributed by atoms with van der Waals surface area (Å²) in [5.74, 6) is 1.52. The minimum atomic E-state index is -0.00435. The monoisotopic (exact) mass is 369 g/mol. The molecule has 1 aliphatic rings. The van der Waals surface area contributed by atoms with E-state index < -0.39 is 0 Å². The SMILES string of the molecule is O=c1ccc(I)cn1Cc1ccc2c(c1)OCCO2. The lowest BCUT2D eigenvalue weighted by Crippen LogP contribution is -2.20. The molecule has 0 saturated heterocycles. The zero-order valence-electron chi connectivity index (χ0n) is 10.1. The van der Waals surface area contributed by atoms with E-state index >= 15 is 0 Å². The Morgan fingerprint density at radius 3 is 2.74 bits per heavy atom. The predicted molar refractivity (Wildman–Crippen MR) is 80.0 cm³/mol. The zero-order chi connectivity index (χ0) is 13.2. The summed E-state index contributed by atoms with van der Waals surface area (Å²) in [6.07, 6.45) is 1.85. The first-order valence-corrected chi connectivity index (χ1v) is 7.05. The molecule has 0 saturated carbocycles. The molecule has 0 spiro atoms. The number of rotatable bonds is 2. The van der Waals surface area contributed by atoms with Gasteiger partial charge in [-0.05, 0) is 46.4 Å². The molecule has 2 heterocycles. The van der Waals surface area contributed by atoms with E-state index in [1.54, 1.807) is 10.6 Å². The van der Waals surface area contributed by atoms with Crippen LogP contribution in [0, 0.1) is 3.57 Å². The molecule has 1 aliphatic heterocycles. The molecule has 0 atom stereocenters. The molecule has 0 fully saturated rings. The minimum absolute atomic E-state index is 0.00435. The van der Waals surface area contributed by atoms with Crippen LogP contribution in [-0.2, 0) is 6.54 Å². The Labute approximate surface area is 124 Å². The molecule has 0 amide bonds. The van der Waals surface area contributed by atoms with Gasteiger partial charge in [-0.2, -0.15) is 0 Å². The number of hydrogen-bond donors (Lipinski definition) is 0. The first-order chi connectivity index (χ1) is 9.22. The van der Waals surface area contributed by atoms with Crippen molar-refractivity contribution in [2.24, 2.45) is 0 Å². The molecule has 0 aliphatic carbocycles. The highest BCUT2D eigenvalue weighted by Gasteiger charge is 2.11. The summed E-state index contributed by atoms with van der Waals surface area (Å²) in [6, 6.07) is 9.17. The summed E-state index contributed by atoms with van der Waals surface area (Å²) < 4.78 is 13.7. The Morgan fingerprint density at radius 1 is 1.11 bits per heavy atom. The summed E-state index contributed by atoms with van der Waals surface area (Å²) in [6.45, 7) is 1.69. The second kappa shape index (κ2) is 5.24. The van der Waals surface area contributed by atoms with Crippen molar-refractivity contribution >= 4 is 22.6 Å². The van der Waals surface area contributed by atoms with Gasteiger partial charge in [-0.25, -0.2) is 0 Å². The first-order valence-electron chi connectivity index (χ1n) is 5.97. The second-order valence-electron chi connectivity index (χ2n) is 4.29. The number of aromatic nitrogens is 1. The van der Waals surface area contributed by atoms with E-state index in [4.69, 9.17) is 9.47 Å². The van der Waals surface area contributed by atoms with Gasteiger partial charge in [0.1, 0.15) is 13.2 Å². The topological polar surface area (TPSA) is 40.5 Å². The fourth-order valence-corrected chi connectivity index (χ4v) is 2.52. The third-order valence-corrected chi connectivity index (χ3v) is 3.54. The Bertz CT molecular complexity index is 666. The number of hydrogen-bond acceptors (Lipinski definition) is 3. The molecule has 3 rings (SSSR count). The van der Waals surface area contributed by atoms with Crippen LogP contribution in [0.15, 0.2) is 41.3 Å². The van der Waals surface area contributed by atoms with Gasteiger partial charge in [0.25, 0.3) is 5.56 Å². The van der Waals surface area contributed by atoms with Gasteiger partial charge in [-0.1, -0.05) is 6.07 Å². The Kier molecular flexibility index (Phi) is 3.46. The van der Waals surface area contributed by atoms with Gasteiger partial charge in [0.2, 0.25) is 0 Å². The number of nitrogens with zero attached hydrogens (tertiary/aromatic N) is 1. The van der Waals surface area contributed by atoms with Gasteiger partial charge >= 0.3 is 0 Å². The van der Waals surface area contributed by atoms with Crippen LogP contribution in [0.2, 0.25) is 0 Å². The number of pyridine rings is 1. The van der Waals surface area contributed by atoms with Crippen LogP contribution in [0.25, 0.3) is 0 Å². The predicted octanol–water partition coefficient (Wildman–Crippen LogP) is 2.27. The summed E-state index contributed by atoms with van der Waals surface area (Å²) in [5.41, 5.74) is 1.02. The average Bonchev–Trinajstić information content (AvgIpc) is 2.43. The smallest absolute Gasteiger partial charge is 0.250 e. The molecule has 4 nitrogen and oxygen atoms in total. The lowest BCUT2D eigenvalue weighted by Gasteiger charge is -2.19. The minimum Gasteiger partial charge on any atom is -0.486 e.